The third-order valence-corrected chi connectivity index (χ3v) is 5.72. The number of benzene rings is 3. The summed E-state index contributed by atoms with van der Waals surface area (Å²) in [7, 11) is -3.72. The summed E-state index contributed by atoms with van der Waals surface area (Å²) in [5, 5.41) is 2.85. The first kappa shape index (κ1) is 19.6. The second-order valence-electron chi connectivity index (χ2n) is 6.77. The van der Waals surface area contributed by atoms with Gasteiger partial charge >= 0.3 is 0 Å². The van der Waals surface area contributed by atoms with Crippen molar-refractivity contribution >= 4 is 27.3 Å². The highest BCUT2D eigenvalue weighted by atomic mass is 32.2. The van der Waals surface area contributed by atoms with Crippen LogP contribution in [0.3, 0.4) is 0 Å². The van der Waals surface area contributed by atoms with E-state index in [1.807, 2.05) is 45.0 Å². The average molecular weight is 394 g/mol. The molecule has 1 amide bonds. The highest BCUT2D eigenvalue weighted by Gasteiger charge is 2.15. The van der Waals surface area contributed by atoms with Crippen LogP contribution in [-0.4, -0.2) is 14.3 Å². The van der Waals surface area contributed by atoms with Gasteiger partial charge in [-0.3, -0.25) is 9.52 Å². The summed E-state index contributed by atoms with van der Waals surface area (Å²) >= 11 is 0. The van der Waals surface area contributed by atoms with Gasteiger partial charge in [-0.2, -0.15) is 0 Å². The molecule has 0 radical (unpaired) electrons. The van der Waals surface area contributed by atoms with Gasteiger partial charge in [0.05, 0.1) is 4.90 Å². The fourth-order valence-corrected chi connectivity index (χ4v) is 3.91. The standard InChI is InChI=1S/C22H22N2O3S/c1-15-5-4-6-19(14-15)24-28(26,27)20-10-8-18(9-11-20)22(25)23-21-12-7-16(2)13-17(21)3/h4-14,24H,1-3H3,(H,23,25). The number of carbonyl (C=O) groups excluding carboxylic acids is 1. The Balaban J connectivity index is 1.76. The van der Waals surface area contributed by atoms with Crippen molar-refractivity contribution in [2.45, 2.75) is 25.7 Å². The van der Waals surface area contributed by atoms with Gasteiger partial charge in [-0.15, -0.1) is 0 Å². The fourth-order valence-electron chi connectivity index (χ4n) is 2.86. The summed E-state index contributed by atoms with van der Waals surface area (Å²) in [6, 6.07) is 18.7. The van der Waals surface area contributed by atoms with Crippen LogP contribution in [0.2, 0.25) is 0 Å². The van der Waals surface area contributed by atoms with E-state index in [2.05, 4.69) is 10.0 Å². The average Bonchev–Trinajstić information content (AvgIpc) is 2.64. The SMILES string of the molecule is Cc1cccc(NS(=O)(=O)c2ccc(C(=O)Nc3ccc(C)cc3C)cc2)c1. The summed E-state index contributed by atoms with van der Waals surface area (Å²) in [6.07, 6.45) is 0. The Morgan fingerprint density at radius 3 is 2.14 bits per heavy atom. The van der Waals surface area contributed by atoms with Crippen molar-refractivity contribution in [3.05, 3.63) is 89.0 Å². The molecule has 0 fully saturated rings. The Bertz CT molecular complexity index is 1120. The van der Waals surface area contributed by atoms with Crippen molar-refractivity contribution in [1.82, 2.24) is 0 Å². The van der Waals surface area contributed by atoms with Crippen LogP contribution in [0, 0.1) is 20.8 Å². The maximum absolute atomic E-state index is 12.5. The summed E-state index contributed by atoms with van der Waals surface area (Å²) in [4.78, 5) is 12.6. The summed E-state index contributed by atoms with van der Waals surface area (Å²) in [6.45, 7) is 5.80. The minimum atomic E-state index is -3.72. The molecule has 0 spiro atoms. The molecule has 0 atom stereocenters. The van der Waals surface area contributed by atoms with Crippen LogP contribution in [0.15, 0.2) is 71.6 Å². The van der Waals surface area contributed by atoms with Gasteiger partial charge in [-0.25, -0.2) is 8.42 Å². The molecule has 0 saturated heterocycles. The van der Waals surface area contributed by atoms with Gasteiger partial charge in [0.1, 0.15) is 0 Å². The molecule has 3 aromatic carbocycles. The predicted octanol–water partition coefficient (Wildman–Crippen LogP) is 4.66. The number of amides is 1. The molecule has 0 saturated carbocycles. The molecule has 3 rings (SSSR count). The lowest BCUT2D eigenvalue weighted by molar-refractivity contribution is 0.102. The first-order valence-corrected chi connectivity index (χ1v) is 10.3. The second kappa shape index (κ2) is 7.86. The van der Waals surface area contributed by atoms with E-state index in [0.29, 0.717) is 11.3 Å². The zero-order valence-electron chi connectivity index (χ0n) is 16.0. The van der Waals surface area contributed by atoms with E-state index in [0.717, 1.165) is 22.4 Å². The van der Waals surface area contributed by atoms with Gasteiger partial charge in [0, 0.05) is 16.9 Å². The normalized spacial score (nSPS) is 11.1. The van der Waals surface area contributed by atoms with Crippen LogP contribution in [-0.2, 0) is 10.0 Å². The zero-order chi connectivity index (χ0) is 20.3. The highest BCUT2D eigenvalue weighted by Crippen LogP contribution is 2.20. The number of sulfonamides is 1. The Morgan fingerprint density at radius 2 is 1.50 bits per heavy atom. The van der Waals surface area contributed by atoms with E-state index in [1.165, 1.54) is 24.3 Å². The van der Waals surface area contributed by atoms with Crippen molar-refractivity contribution in [3.8, 4) is 0 Å². The molecule has 144 valence electrons. The Morgan fingerprint density at radius 1 is 0.821 bits per heavy atom. The number of rotatable bonds is 5. The second-order valence-corrected chi connectivity index (χ2v) is 8.45. The van der Waals surface area contributed by atoms with Crippen molar-refractivity contribution < 1.29 is 13.2 Å². The smallest absolute Gasteiger partial charge is 0.261 e. The molecule has 3 aromatic rings. The van der Waals surface area contributed by atoms with Crippen molar-refractivity contribution in [2.75, 3.05) is 10.0 Å². The molecule has 0 heterocycles. The van der Waals surface area contributed by atoms with Crippen LogP contribution < -0.4 is 10.0 Å². The molecule has 2 N–H and O–H groups in total. The Labute approximate surface area is 165 Å². The van der Waals surface area contributed by atoms with Crippen LogP contribution in [0.5, 0.6) is 0 Å². The van der Waals surface area contributed by atoms with Crippen LogP contribution in [0.4, 0.5) is 11.4 Å². The van der Waals surface area contributed by atoms with E-state index in [9.17, 15) is 13.2 Å². The summed E-state index contributed by atoms with van der Waals surface area (Å²) in [5.41, 5.74) is 4.65. The van der Waals surface area contributed by atoms with E-state index >= 15 is 0 Å². The molecule has 0 bridgehead atoms. The predicted molar refractivity (Wildman–Crippen MR) is 112 cm³/mol. The van der Waals surface area contributed by atoms with E-state index in [1.54, 1.807) is 18.2 Å². The first-order chi connectivity index (χ1) is 13.2. The van der Waals surface area contributed by atoms with Gasteiger partial charge in [0.25, 0.3) is 15.9 Å². The lowest BCUT2D eigenvalue weighted by Crippen LogP contribution is -2.15. The minimum absolute atomic E-state index is 0.0945. The number of nitrogens with one attached hydrogen (secondary N) is 2. The molecule has 5 nitrogen and oxygen atoms in total. The number of hydrogen-bond acceptors (Lipinski definition) is 3. The van der Waals surface area contributed by atoms with E-state index in [4.69, 9.17) is 0 Å². The zero-order valence-corrected chi connectivity index (χ0v) is 16.8. The molecular weight excluding hydrogens is 372 g/mol. The van der Waals surface area contributed by atoms with Crippen LogP contribution in [0.1, 0.15) is 27.0 Å². The quantitative estimate of drug-likeness (QED) is 0.661. The lowest BCUT2D eigenvalue weighted by Gasteiger charge is -2.11. The van der Waals surface area contributed by atoms with Gasteiger partial charge < -0.3 is 5.32 Å². The third kappa shape index (κ3) is 4.58. The van der Waals surface area contributed by atoms with E-state index < -0.39 is 10.0 Å². The number of hydrogen-bond donors (Lipinski definition) is 2. The van der Waals surface area contributed by atoms with Crippen molar-refractivity contribution in [1.29, 1.82) is 0 Å². The van der Waals surface area contributed by atoms with Crippen LogP contribution in [0.25, 0.3) is 0 Å². The molecule has 0 aliphatic carbocycles. The lowest BCUT2D eigenvalue weighted by atomic mass is 10.1. The maximum Gasteiger partial charge on any atom is 0.261 e. The molecule has 0 aliphatic heterocycles. The number of aryl methyl sites for hydroxylation is 3. The molecule has 0 aliphatic rings. The van der Waals surface area contributed by atoms with Crippen molar-refractivity contribution in [3.63, 3.8) is 0 Å². The monoisotopic (exact) mass is 394 g/mol. The summed E-state index contributed by atoms with van der Waals surface area (Å²) in [5.74, 6) is -0.289. The van der Waals surface area contributed by atoms with Gasteiger partial charge in [-0.1, -0.05) is 29.8 Å². The van der Waals surface area contributed by atoms with Gasteiger partial charge in [-0.05, 0) is 74.4 Å². The molecule has 0 aromatic heterocycles. The maximum atomic E-state index is 12.5. The molecule has 6 heteroatoms. The summed E-state index contributed by atoms with van der Waals surface area (Å²) < 4.78 is 27.6. The molecular formula is C22H22N2O3S. The van der Waals surface area contributed by atoms with Gasteiger partial charge in [0.15, 0.2) is 0 Å². The number of carbonyl (C=O) groups is 1. The first-order valence-electron chi connectivity index (χ1n) is 8.83. The Kier molecular flexibility index (Phi) is 5.51. The van der Waals surface area contributed by atoms with Crippen molar-refractivity contribution in [2.24, 2.45) is 0 Å². The minimum Gasteiger partial charge on any atom is -0.322 e. The molecule has 0 unspecified atom stereocenters. The largest absolute Gasteiger partial charge is 0.322 e. The Hall–Kier alpha value is -3.12. The highest BCUT2D eigenvalue weighted by molar-refractivity contribution is 7.92. The van der Waals surface area contributed by atoms with E-state index in [-0.39, 0.29) is 10.8 Å². The van der Waals surface area contributed by atoms with Crippen LogP contribution >= 0.6 is 0 Å². The number of anilines is 2. The van der Waals surface area contributed by atoms with Gasteiger partial charge in [0.2, 0.25) is 0 Å². The topological polar surface area (TPSA) is 75.3 Å². The molecule has 28 heavy (non-hydrogen) atoms. The third-order valence-electron chi connectivity index (χ3n) is 4.33. The fraction of sp³-hybridized carbons (Fsp3) is 0.136.